The normalized spacial score (nSPS) is 10.5. The topological polar surface area (TPSA) is 158 Å². The van der Waals surface area contributed by atoms with Crippen molar-refractivity contribution in [1.82, 2.24) is 0 Å². The van der Waals surface area contributed by atoms with E-state index in [0.717, 1.165) is 0 Å². The van der Waals surface area contributed by atoms with Gasteiger partial charge in [-0.25, -0.2) is 19.2 Å². The molecule has 0 radical (unpaired) electrons. The maximum absolute atomic E-state index is 11.7. The summed E-state index contributed by atoms with van der Waals surface area (Å²) < 4.78 is 5.82. The summed E-state index contributed by atoms with van der Waals surface area (Å²) in [6, 6.07) is 21.3. The fourth-order valence-electron chi connectivity index (χ4n) is 3.94. The van der Waals surface area contributed by atoms with Gasteiger partial charge in [-0.2, -0.15) is 0 Å². The number of ether oxygens (including phenoxy) is 1. The third kappa shape index (κ3) is 5.01. The van der Waals surface area contributed by atoms with Gasteiger partial charge in [-0.3, -0.25) is 0 Å². The maximum atomic E-state index is 11.7. The Morgan fingerprint density at radius 1 is 0.459 bits per heavy atom. The molecule has 4 rings (SSSR count). The van der Waals surface area contributed by atoms with Crippen LogP contribution in [0, 0.1) is 0 Å². The fourth-order valence-corrected chi connectivity index (χ4v) is 3.94. The molecule has 9 nitrogen and oxygen atoms in total. The summed E-state index contributed by atoms with van der Waals surface area (Å²) in [5, 5.41) is 37.8. The van der Waals surface area contributed by atoms with E-state index in [9.17, 15) is 39.6 Å². The van der Waals surface area contributed by atoms with Gasteiger partial charge in [0.1, 0.15) is 11.5 Å². The van der Waals surface area contributed by atoms with Crippen LogP contribution in [0.1, 0.15) is 41.4 Å². The van der Waals surface area contributed by atoms with Crippen LogP contribution in [0.3, 0.4) is 0 Å². The van der Waals surface area contributed by atoms with E-state index in [-0.39, 0.29) is 33.4 Å². The van der Waals surface area contributed by atoms with Crippen LogP contribution in [-0.4, -0.2) is 44.3 Å². The van der Waals surface area contributed by atoms with Gasteiger partial charge in [0.2, 0.25) is 0 Å². The van der Waals surface area contributed by atoms with E-state index in [1.807, 2.05) is 0 Å². The quantitative estimate of drug-likeness (QED) is 0.242. The zero-order valence-corrected chi connectivity index (χ0v) is 18.9. The molecule has 0 fully saturated rings. The smallest absolute Gasteiger partial charge is 0.337 e. The van der Waals surface area contributed by atoms with E-state index in [4.69, 9.17) is 4.74 Å². The second kappa shape index (κ2) is 10.0. The van der Waals surface area contributed by atoms with Crippen molar-refractivity contribution < 1.29 is 44.3 Å². The summed E-state index contributed by atoms with van der Waals surface area (Å²) in [6.45, 7) is 0. The first-order valence-electron chi connectivity index (χ1n) is 10.7. The molecule has 0 aromatic heterocycles. The standard InChI is InChI=1S/C28H18O9/c29-25(30)21-5-1-3-19(23(21)27(33)34)15-7-11-17(12-8-15)37-18-13-9-16(10-14-18)20-4-2-6-22(26(31)32)24(20)28(35)36/h1-14H,(H,29,30)(H,31,32)(H,33,34)(H,35,36). The van der Waals surface area contributed by atoms with Crippen LogP contribution in [0.15, 0.2) is 84.9 Å². The monoisotopic (exact) mass is 498 g/mol. The lowest BCUT2D eigenvalue weighted by molar-refractivity contribution is 0.0652. The minimum atomic E-state index is -1.35. The lowest BCUT2D eigenvalue weighted by atomic mass is 9.95. The molecule has 4 aromatic carbocycles. The van der Waals surface area contributed by atoms with E-state index in [2.05, 4.69) is 0 Å². The first-order valence-corrected chi connectivity index (χ1v) is 10.7. The van der Waals surface area contributed by atoms with Gasteiger partial charge in [-0.15, -0.1) is 0 Å². The average molecular weight is 498 g/mol. The summed E-state index contributed by atoms with van der Waals surface area (Å²) in [6.07, 6.45) is 0. The van der Waals surface area contributed by atoms with Crippen molar-refractivity contribution in [2.75, 3.05) is 0 Å². The molecule has 0 aliphatic carbocycles. The van der Waals surface area contributed by atoms with Crippen LogP contribution in [-0.2, 0) is 0 Å². The summed E-state index contributed by atoms with van der Waals surface area (Å²) in [5.41, 5.74) is 0.224. The molecule has 0 aliphatic heterocycles. The van der Waals surface area contributed by atoms with Crippen LogP contribution in [0.5, 0.6) is 11.5 Å². The molecule has 0 bridgehead atoms. The number of hydrogen-bond acceptors (Lipinski definition) is 5. The van der Waals surface area contributed by atoms with Crippen molar-refractivity contribution in [3.8, 4) is 33.8 Å². The number of carboxylic acids is 4. The molecule has 0 saturated heterocycles. The highest BCUT2D eigenvalue weighted by atomic mass is 16.5. The first-order chi connectivity index (χ1) is 17.7. The molecule has 184 valence electrons. The van der Waals surface area contributed by atoms with Crippen molar-refractivity contribution in [3.63, 3.8) is 0 Å². The van der Waals surface area contributed by atoms with Gasteiger partial charge in [0.25, 0.3) is 0 Å². The Morgan fingerprint density at radius 3 is 1.11 bits per heavy atom. The predicted molar refractivity (Wildman–Crippen MR) is 132 cm³/mol. The van der Waals surface area contributed by atoms with Gasteiger partial charge in [0.15, 0.2) is 0 Å². The molecule has 0 spiro atoms. The molecule has 0 aliphatic rings. The minimum absolute atomic E-state index is 0.251. The number of hydrogen-bond donors (Lipinski definition) is 4. The van der Waals surface area contributed by atoms with E-state index in [1.165, 1.54) is 36.4 Å². The van der Waals surface area contributed by atoms with Crippen LogP contribution in [0.2, 0.25) is 0 Å². The summed E-state index contributed by atoms with van der Waals surface area (Å²) in [7, 11) is 0. The van der Waals surface area contributed by atoms with Gasteiger partial charge >= 0.3 is 23.9 Å². The predicted octanol–water partition coefficient (Wildman–Crippen LogP) is 5.61. The van der Waals surface area contributed by atoms with Gasteiger partial charge < -0.3 is 25.2 Å². The molecule has 0 heterocycles. The number of carbonyl (C=O) groups is 4. The second-order valence-corrected chi connectivity index (χ2v) is 7.83. The highest BCUT2D eigenvalue weighted by molar-refractivity contribution is 6.07. The Morgan fingerprint density at radius 2 is 0.811 bits per heavy atom. The first kappa shape index (κ1) is 24.7. The molecule has 37 heavy (non-hydrogen) atoms. The summed E-state index contributed by atoms with van der Waals surface area (Å²) in [5.74, 6) is -4.55. The second-order valence-electron chi connectivity index (χ2n) is 7.83. The van der Waals surface area contributed by atoms with Crippen molar-refractivity contribution in [3.05, 3.63) is 107 Å². The Kier molecular flexibility index (Phi) is 6.70. The molecule has 0 atom stereocenters. The molecule has 0 amide bonds. The molecule has 0 unspecified atom stereocenters. The zero-order chi connectivity index (χ0) is 26.7. The average Bonchev–Trinajstić information content (AvgIpc) is 2.88. The van der Waals surface area contributed by atoms with Crippen molar-refractivity contribution in [2.24, 2.45) is 0 Å². The maximum Gasteiger partial charge on any atom is 0.337 e. The highest BCUT2D eigenvalue weighted by Gasteiger charge is 2.22. The van der Waals surface area contributed by atoms with Gasteiger partial charge in [-0.1, -0.05) is 48.5 Å². The van der Waals surface area contributed by atoms with E-state index in [1.54, 1.807) is 48.5 Å². The van der Waals surface area contributed by atoms with Crippen LogP contribution in [0.25, 0.3) is 22.3 Å². The Bertz CT molecular complexity index is 1420. The largest absolute Gasteiger partial charge is 0.478 e. The number of rotatable bonds is 8. The minimum Gasteiger partial charge on any atom is -0.478 e. The Balaban J connectivity index is 1.59. The molecular weight excluding hydrogens is 480 g/mol. The lowest BCUT2D eigenvalue weighted by Gasteiger charge is -2.12. The van der Waals surface area contributed by atoms with E-state index < -0.39 is 23.9 Å². The van der Waals surface area contributed by atoms with Crippen molar-refractivity contribution in [1.29, 1.82) is 0 Å². The lowest BCUT2D eigenvalue weighted by Crippen LogP contribution is -2.09. The van der Waals surface area contributed by atoms with Gasteiger partial charge in [0.05, 0.1) is 22.3 Å². The number of carboxylic acid groups (broad SMARTS) is 4. The SMILES string of the molecule is O=C(O)c1cccc(-c2ccc(Oc3ccc(-c4cccc(C(=O)O)c4C(=O)O)cc3)cc2)c1C(=O)O. The number of aromatic carboxylic acids is 4. The van der Waals surface area contributed by atoms with E-state index >= 15 is 0 Å². The molecule has 9 heteroatoms. The summed E-state index contributed by atoms with van der Waals surface area (Å²) in [4.78, 5) is 46.3. The summed E-state index contributed by atoms with van der Waals surface area (Å²) >= 11 is 0. The van der Waals surface area contributed by atoms with Crippen molar-refractivity contribution in [2.45, 2.75) is 0 Å². The molecule has 4 N–H and O–H groups in total. The van der Waals surface area contributed by atoms with Crippen molar-refractivity contribution >= 4 is 23.9 Å². The van der Waals surface area contributed by atoms with Crippen LogP contribution >= 0.6 is 0 Å². The molecule has 4 aromatic rings. The highest BCUT2D eigenvalue weighted by Crippen LogP contribution is 2.32. The molecular formula is C28H18O9. The third-order valence-electron chi connectivity index (χ3n) is 5.58. The van der Waals surface area contributed by atoms with E-state index in [0.29, 0.717) is 22.6 Å². The van der Waals surface area contributed by atoms with Gasteiger partial charge in [-0.05, 0) is 58.7 Å². The Labute approximate surface area is 209 Å². The van der Waals surface area contributed by atoms with Crippen LogP contribution in [0.4, 0.5) is 0 Å². The number of benzene rings is 4. The Hall–Kier alpha value is -5.44. The fraction of sp³-hybridized carbons (Fsp3) is 0. The third-order valence-corrected chi connectivity index (χ3v) is 5.58. The van der Waals surface area contributed by atoms with Gasteiger partial charge in [0, 0.05) is 0 Å². The zero-order valence-electron chi connectivity index (χ0n) is 18.9. The molecule has 0 saturated carbocycles. The van der Waals surface area contributed by atoms with Crippen LogP contribution < -0.4 is 4.74 Å².